The molecule has 0 radical (unpaired) electrons. The molecule has 18 heavy (non-hydrogen) atoms. The minimum Gasteiger partial charge on any atom is -0.384 e. The standard InChI is InChI=1S/C14H18ClN3/c1-4-5-11-8-13(16)18(17-11)14-10(3)6-9(2)7-12(14)15/h6-8H,4-5,16H2,1-3H3. The fourth-order valence-electron chi connectivity index (χ4n) is 2.18. The third-order valence-corrected chi connectivity index (χ3v) is 3.19. The average Bonchev–Trinajstić information content (AvgIpc) is 2.59. The second-order valence-corrected chi connectivity index (χ2v) is 5.04. The number of benzene rings is 1. The van der Waals surface area contributed by atoms with E-state index in [1.165, 1.54) is 0 Å². The van der Waals surface area contributed by atoms with E-state index in [9.17, 15) is 0 Å². The highest BCUT2D eigenvalue weighted by Gasteiger charge is 2.12. The van der Waals surface area contributed by atoms with Crippen molar-refractivity contribution in [2.24, 2.45) is 0 Å². The maximum absolute atomic E-state index is 6.31. The van der Waals surface area contributed by atoms with E-state index in [2.05, 4.69) is 18.1 Å². The van der Waals surface area contributed by atoms with Crippen molar-refractivity contribution in [2.75, 3.05) is 5.73 Å². The molecule has 0 amide bonds. The monoisotopic (exact) mass is 263 g/mol. The summed E-state index contributed by atoms with van der Waals surface area (Å²) in [5.41, 5.74) is 10.1. The first-order valence-electron chi connectivity index (χ1n) is 6.14. The number of nitrogens with two attached hydrogens (primary N) is 1. The molecule has 2 rings (SSSR count). The van der Waals surface area contributed by atoms with Gasteiger partial charge in [-0.05, 0) is 37.5 Å². The van der Waals surface area contributed by atoms with Gasteiger partial charge in [0.05, 0.1) is 16.4 Å². The summed E-state index contributed by atoms with van der Waals surface area (Å²) in [6, 6.07) is 5.94. The van der Waals surface area contributed by atoms with E-state index in [1.54, 1.807) is 4.68 Å². The number of aromatic nitrogens is 2. The van der Waals surface area contributed by atoms with Gasteiger partial charge in [-0.25, -0.2) is 4.68 Å². The molecule has 0 spiro atoms. The smallest absolute Gasteiger partial charge is 0.127 e. The molecular weight excluding hydrogens is 246 g/mol. The van der Waals surface area contributed by atoms with Crippen molar-refractivity contribution in [3.8, 4) is 5.69 Å². The van der Waals surface area contributed by atoms with Crippen LogP contribution in [0.3, 0.4) is 0 Å². The second-order valence-electron chi connectivity index (χ2n) is 4.63. The average molecular weight is 264 g/mol. The highest BCUT2D eigenvalue weighted by molar-refractivity contribution is 6.32. The van der Waals surface area contributed by atoms with Gasteiger partial charge in [-0.2, -0.15) is 5.10 Å². The molecule has 2 N–H and O–H groups in total. The molecule has 1 aromatic heterocycles. The molecular formula is C14H18ClN3. The first kappa shape index (κ1) is 13.0. The van der Waals surface area contributed by atoms with Crippen molar-refractivity contribution < 1.29 is 0 Å². The minimum absolute atomic E-state index is 0.632. The highest BCUT2D eigenvalue weighted by atomic mass is 35.5. The van der Waals surface area contributed by atoms with Gasteiger partial charge in [0.15, 0.2) is 0 Å². The Hall–Kier alpha value is -1.48. The van der Waals surface area contributed by atoms with Crippen LogP contribution in [-0.4, -0.2) is 9.78 Å². The van der Waals surface area contributed by atoms with Gasteiger partial charge in [-0.1, -0.05) is 31.0 Å². The fraction of sp³-hybridized carbons (Fsp3) is 0.357. The number of hydrogen-bond acceptors (Lipinski definition) is 2. The van der Waals surface area contributed by atoms with Crippen LogP contribution in [0.2, 0.25) is 5.02 Å². The third kappa shape index (κ3) is 2.36. The molecule has 0 aliphatic carbocycles. The fourth-order valence-corrected chi connectivity index (χ4v) is 2.58. The topological polar surface area (TPSA) is 43.8 Å². The summed E-state index contributed by atoms with van der Waals surface area (Å²) in [5.74, 6) is 0.632. The molecule has 0 atom stereocenters. The second kappa shape index (κ2) is 5.02. The number of hydrogen-bond donors (Lipinski definition) is 1. The molecule has 0 aliphatic heterocycles. The number of nitrogen functional groups attached to an aromatic ring is 1. The van der Waals surface area contributed by atoms with Crippen LogP contribution in [0.1, 0.15) is 30.2 Å². The van der Waals surface area contributed by atoms with Crippen LogP contribution in [0, 0.1) is 13.8 Å². The number of aryl methyl sites for hydroxylation is 3. The third-order valence-electron chi connectivity index (χ3n) is 2.90. The largest absolute Gasteiger partial charge is 0.384 e. The molecule has 3 nitrogen and oxygen atoms in total. The first-order chi connectivity index (χ1) is 8.52. The lowest BCUT2D eigenvalue weighted by atomic mass is 10.1. The molecule has 0 saturated carbocycles. The highest BCUT2D eigenvalue weighted by Crippen LogP contribution is 2.28. The van der Waals surface area contributed by atoms with Crippen LogP contribution in [-0.2, 0) is 6.42 Å². The van der Waals surface area contributed by atoms with Crippen LogP contribution in [0.25, 0.3) is 5.69 Å². The van der Waals surface area contributed by atoms with E-state index in [0.29, 0.717) is 10.8 Å². The summed E-state index contributed by atoms with van der Waals surface area (Å²) < 4.78 is 1.74. The van der Waals surface area contributed by atoms with E-state index in [1.807, 2.05) is 26.0 Å². The predicted octanol–water partition coefficient (Wildman–Crippen LogP) is 3.68. The molecule has 1 heterocycles. The molecule has 0 saturated heterocycles. The van der Waals surface area contributed by atoms with Gasteiger partial charge in [0.1, 0.15) is 5.82 Å². The summed E-state index contributed by atoms with van der Waals surface area (Å²) in [6.07, 6.45) is 1.98. The Balaban J connectivity index is 2.55. The van der Waals surface area contributed by atoms with Crippen molar-refractivity contribution in [3.63, 3.8) is 0 Å². The number of halogens is 1. The Kier molecular flexibility index (Phi) is 3.62. The van der Waals surface area contributed by atoms with Crippen molar-refractivity contribution in [1.82, 2.24) is 9.78 Å². The van der Waals surface area contributed by atoms with Crippen molar-refractivity contribution in [1.29, 1.82) is 0 Å². The molecule has 0 unspecified atom stereocenters. The van der Waals surface area contributed by atoms with E-state index >= 15 is 0 Å². The van der Waals surface area contributed by atoms with Crippen LogP contribution in [0.15, 0.2) is 18.2 Å². The first-order valence-corrected chi connectivity index (χ1v) is 6.52. The molecule has 2 aromatic rings. The quantitative estimate of drug-likeness (QED) is 0.918. The Morgan fingerprint density at radius 3 is 2.61 bits per heavy atom. The zero-order valence-corrected chi connectivity index (χ0v) is 11.8. The van der Waals surface area contributed by atoms with E-state index in [4.69, 9.17) is 17.3 Å². The minimum atomic E-state index is 0.632. The molecule has 1 aromatic carbocycles. The molecule has 0 aliphatic rings. The lowest BCUT2D eigenvalue weighted by Gasteiger charge is -2.11. The summed E-state index contributed by atoms with van der Waals surface area (Å²) in [7, 11) is 0. The van der Waals surface area contributed by atoms with Crippen LogP contribution < -0.4 is 5.73 Å². The maximum Gasteiger partial charge on any atom is 0.127 e. The van der Waals surface area contributed by atoms with Crippen molar-refractivity contribution in [3.05, 3.63) is 40.0 Å². The normalized spacial score (nSPS) is 10.9. The van der Waals surface area contributed by atoms with E-state index in [-0.39, 0.29) is 0 Å². The lowest BCUT2D eigenvalue weighted by molar-refractivity contribution is 0.808. The van der Waals surface area contributed by atoms with Gasteiger partial charge in [0, 0.05) is 6.07 Å². The lowest BCUT2D eigenvalue weighted by Crippen LogP contribution is -2.05. The summed E-state index contributed by atoms with van der Waals surface area (Å²) in [4.78, 5) is 0. The molecule has 96 valence electrons. The Morgan fingerprint density at radius 1 is 1.28 bits per heavy atom. The number of rotatable bonds is 3. The van der Waals surface area contributed by atoms with Crippen molar-refractivity contribution in [2.45, 2.75) is 33.6 Å². The van der Waals surface area contributed by atoms with Gasteiger partial charge in [-0.3, -0.25) is 0 Å². The SMILES string of the molecule is CCCc1cc(N)n(-c2c(C)cc(C)cc2Cl)n1. The summed E-state index contributed by atoms with van der Waals surface area (Å²) >= 11 is 6.31. The Labute approximate surface area is 113 Å². The van der Waals surface area contributed by atoms with Crippen LogP contribution >= 0.6 is 11.6 Å². The predicted molar refractivity (Wildman–Crippen MR) is 76.5 cm³/mol. The molecule has 0 bridgehead atoms. The van der Waals surface area contributed by atoms with Gasteiger partial charge < -0.3 is 5.73 Å². The van der Waals surface area contributed by atoms with Gasteiger partial charge in [0.25, 0.3) is 0 Å². The maximum atomic E-state index is 6.31. The Morgan fingerprint density at radius 2 is 2.00 bits per heavy atom. The van der Waals surface area contributed by atoms with Gasteiger partial charge in [-0.15, -0.1) is 0 Å². The van der Waals surface area contributed by atoms with Crippen molar-refractivity contribution >= 4 is 17.4 Å². The zero-order valence-electron chi connectivity index (χ0n) is 11.0. The Bertz CT molecular complexity index is 549. The molecule has 4 heteroatoms. The van der Waals surface area contributed by atoms with Gasteiger partial charge in [0.2, 0.25) is 0 Å². The number of nitrogens with zero attached hydrogens (tertiary/aromatic N) is 2. The van der Waals surface area contributed by atoms with Crippen LogP contribution in [0.4, 0.5) is 5.82 Å². The summed E-state index contributed by atoms with van der Waals surface area (Å²) in [5, 5.41) is 5.21. The summed E-state index contributed by atoms with van der Waals surface area (Å²) in [6.45, 7) is 6.17. The van der Waals surface area contributed by atoms with E-state index in [0.717, 1.165) is 35.3 Å². The number of anilines is 1. The van der Waals surface area contributed by atoms with E-state index < -0.39 is 0 Å². The zero-order chi connectivity index (χ0) is 13.3. The van der Waals surface area contributed by atoms with Gasteiger partial charge >= 0.3 is 0 Å². The molecule has 0 fully saturated rings. The van der Waals surface area contributed by atoms with Crippen LogP contribution in [0.5, 0.6) is 0 Å².